The molecule has 2 aliphatic rings. The topological polar surface area (TPSA) is 62.7 Å². The van der Waals surface area contributed by atoms with Crippen LogP contribution in [0.25, 0.3) is 16.6 Å². The lowest BCUT2D eigenvalue weighted by Crippen LogP contribution is -2.40. The third-order valence-corrected chi connectivity index (χ3v) is 6.62. The first-order chi connectivity index (χ1) is 14.3. The normalized spacial score (nSPS) is 17.7. The van der Waals surface area contributed by atoms with Crippen molar-refractivity contribution in [3.63, 3.8) is 0 Å². The van der Waals surface area contributed by atoms with Crippen molar-refractivity contribution in [2.24, 2.45) is 0 Å². The van der Waals surface area contributed by atoms with Crippen LogP contribution in [0.15, 0.2) is 47.7 Å². The third kappa shape index (κ3) is 2.72. The number of Topliss-reactive ketones (excluding diaryl/α,β-unsaturated/α-hetero) is 1. The van der Waals surface area contributed by atoms with Crippen molar-refractivity contribution in [1.29, 1.82) is 0 Å². The zero-order valence-corrected chi connectivity index (χ0v) is 18.3. The number of fused-ring (bicyclic) bond motifs is 4. The van der Waals surface area contributed by atoms with Crippen molar-refractivity contribution in [2.45, 2.75) is 52.7 Å². The van der Waals surface area contributed by atoms with Gasteiger partial charge >= 0.3 is 0 Å². The number of hydrogen-bond donors (Lipinski definition) is 1. The Morgan fingerprint density at radius 3 is 2.67 bits per heavy atom. The molecule has 0 amide bonds. The van der Waals surface area contributed by atoms with Crippen LogP contribution in [0.4, 0.5) is 0 Å². The summed E-state index contributed by atoms with van der Waals surface area (Å²) in [7, 11) is 1.57. The summed E-state index contributed by atoms with van der Waals surface area (Å²) >= 11 is 0. The van der Waals surface area contributed by atoms with Gasteiger partial charge in [0.05, 0.1) is 23.5 Å². The van der Waals surface area contributed by atoms with Gasteiger partial charge in [0.1, 0.15) is 11.4 Å². The number of nitrogens with zero attached hydrogens (tertiary/aromatic N) is 2. The van der Waals surface area contributed by atoms with E-state index in [4.69, 9.17) is 9.72 Å². The van der Waals surface area contributed by atoms with E-state index in [9.17, 15) is 9.90 Å². The summed E-state index contributed by atoms with van der Waals surface area (Å²) in [6.07, 6.45) is 3.65. The number of phenols is 1. The zero-order valence-electron chi connectivity index (χ0n) is 18.3. The summed E-state index contributed by atoms with van der Waals surface area (Å²) in [5.74, 6) is 0.200. The summed E-state index contributed by atoms with van der Waals surface area (Å²) in [6.45, 7) is 12.6. The molecule has 156 valence electrons. The second-order valence-corrected chi connectivity index (χ2v) is 8.07. The number of phenolic OH excluding ortho intramolecular Hbond substituents is 1. The van der Waals surface area contributed by atoms with Crippen LogP contribution in [0, 0.1) is 0 Å². The predicted octanol–water partition coefficient (Wildman–Crippen LogP) is 4.89. The van der Waals surface area contributed by atoms with Gasteiger partial charge in [-0.2, -0.15) is 0 Å². The van der Waals surface area contributed by atoms with E-state index in [1.807, 2.05) is 13.0 Å². The van der Waals surface area contributed by atoms with E-state index < -0.39 is 5.60 Å². The van der Waals surface area contributed by atoms with Gasteiger partial charge in [-0.3, -0.25) is 4.79 Å². The minimum atomic E-state index is -1.04. The molecule has 5 nitrogen and oxygen atoms in total. The number of benzene rings is 1. The van der Waals surface area contributed by atoms with Gasteiger partial charge in [0, 0.05) is 23.8 Å². The first kappa shape index (κ1) is 20.4. The highest BCUT2D eigenvalue weighted by molar-refractivity contribution is 5.93. The second-order valence-electron chi connectivity index (χ2n) is 8.07. The van der Waals surface area contributed by atoms with Crippen molar-refractivity contribution in [3.8, 4) is 5.75 Å². The lowest BCUT2D eigenvalue weighted by atomic mass is 9.83. The molecular formula is C25H28N2O3. The van der Waals surface area contributed by atoms with Crippen LogP contribution in [-0.4, -0.2) is 33.5 Å². The van der Waals surface area contributed by atoms with E-state index in [2.05, 4.69) is 31.4 Å². The van der Waals surface area contributed by atoms with Gasteiger partial charge in [0.25, 0.3) is 0 Å². The summed E-state index contributed by atoms with van der Waals surface area (Å²) < 4.78 is 5.72. The van der Waals surface area contributed by atoms with Crippen molar-refractivity contribution < 1.29 is 14.6 Å². The minimum absolute atomic E-state index is 0.0431. The molecule has 1 aromatic heterocycles. The van der Waals surface area contributed by atoms with Crippen LogP contribution >= 0.6 is 0 Å². The number of ether oxygens (including phenoxy) is 1. The standard InChI is InChI=1S/C25H28N2O3/c1-7-17-14(3)27-13-20-18(8-2)19-11-16(29)9-10-22(19)26-24(20)23(27)12-21(17)25(5,30-6)15(4)28/h9-12,29H,3,7-8,13H2,1-2,4-6H3. The predicted molar refractivity (Wildman–Crippen MR) is 119 cm³/mol. The Hall–Kier alpha value is -2.92. The highest BCUT2D eigenvalue weighted by Crippen LogP contribution is 2.47. The molecule has 30 heavy (non-hydrogen) atoms. The van der Waals surface area contributed by atoms with Crippen LogP contribution < -0.4 is 0 Å². The molecule has 0 bridgehead atoms. The fourth-order valence-electron chi connectivity index (χ4n) is 4.71. The smallest absolute Gasteiger partial charge is 0.165 e. The first-order valence-electron chi connectivity index (χ1n) is 10.4. The Morgan fingerprint density at radius 2 is 2.07 bits per heavy atom. The lowest BCUT2D eigenvalue weighted by Gasteiger charge is -2.36. The fraction of sp³-hybridized carbons (Fsp3) is 0.360. The minimum Gasteiger partial charge on any atom is -0.508 e. The molecule has 2 aromatic rings. The number of rotatable bonds is 5. The zero-order chi connectivity index (χ0) is 21.8. The van der Waals surface area contributed by atoms with E-state index in [1.165, 1.54) is 5.56 Å². The van der Waals surface area contributed by atoms with Crippen LogP contribution in [0.2, 0.25) is 0 Å². The molecule has 0 fully saturated rings. The molecule has 5 heteroatoms. The number of ketones is 1. The molecule has 0 saturated heterocycles. The Kier molecular flexibility index (Phi) is 4.82. The highest BCUT2D eigenvalue weighted by Gasteiger charge is 2.41. The maximum atomic E-state index is 12.5. The quantitative estimate of drug-likeness (QED) is 0.769. The van der Waals surface area contributed by atoms with E-state index in [1.54, 1.807) is 26.2 Å². The van der Waals surface area contributed by atoms with Gasteiger partial charge in [-0.15, -0.1) is 0 Å². The van der Waals surface area contributed by atoms with E-state index in [0.29, 0.717) is 6.54 Å². The van der Waals surface area contributed by atoms with Crippen LogP contribution in [-0.2, 0) is 22.5 Å². The number of aryl methyl sites for hydroxylation is 1. The molecule has 4 rings (SSSR count). The number of carbonyl (C=O) groups excluding carboxylic acids is 1. The van der Waals surface area contributed by atoms with Gasteiger partial charge in [-0.1, -0.05) is 20.4 Å². The Labute approximate surface area is 177 Å². The Morgan fingerprint density at radius 1 is 1.33 bits per heavy atom. The van der Waals surface area contributed by atoms with Crippen molar-refractivity contribution >= 4 is 22.4 Å². The molecule has 1 aromatic carbocycles. The number of hydrogen-bond acceptors (Lipinski definition) is 5. The molecule has 0 aliphatic carbocycles. The molecule has 3 heterocycles. The summed E-state index contributed by atoms with van der Waals surface area (Å²) in [5, 5.41) is 11.0. The van der Waals surface area contributed by atoms with Gasteiger partial charge < -0.3 is 14.7 Å². The summed E-state index contributed by atoms with van der Waals surface area (Å²) in [6, 6.07) is 5.31. The van der Waals surface area contributed by atoms with E-state index >= 15 is 0 Å². The molecule has 1 unspecified atom stereocenters. The Balaban J connectivity index is 2.00. The lowest BCUT2D eigenvalue weighted by molar-refractivity contribution is -0.132. The summed E-state index contributed by atoms with van der Waals surface area (Å²) in [5.41, 5.74) is 6.81. The van der Waals surface area contributed by atoms with Crippen LogP contribution in [0.5, 0.6) is 5.75 Å². The van der Waals surface area contributed by atoms with Crippen molar-refractivity contribution in [3.05, 3.63) is 64.5 Å². The van der Waals surface area contributed by atoms with Crippen LogP contribution in [0.3, 0.4) is 0 Å². The van der Waals surface area contributed by atoms with Crippen LogP contribution in [0.1, 0.15) is 50.9 Å². The number of aromatic hydroxyl groups is 1. The van der Waals surface area contributed by atoms with E-state index in [-0.39, 0.29) is 11.5 Å². The molecule has 1 N–H and O–H groups in total. The number of methoxy groups -OCH3 is 1. The highest BCUT2D eigenvalue weighted by atomic mass is 16.5. The second kappa shape index (κ2) is 7.10. The van der Waals surface area contributed by atoms with Crippen molar-refractivity contribution in [1.82, 2.24) is 9.88 Å². The molecule has 1 atom stereocenters. The number of carbonyl (C=O) groups is 1. The van der Waals surface area contributed by atoms with Gasteiger partial charge in [-0.25, -0.2) is 4.98 Å². The number of aromatic nitrogens is 1. The first-order valence-corrected chi connectivity index (χ1v) is 10.4. The number of allylic oxidation sites excluding steroid dienone is 1. The molecule has 0 saturated carbocycles. The molecular weight excluding hydrogens is 376 g/mol. The van der Waals surface area contributed by atoms with E-state index in [0.717, 1.165) is 57.5 Å². The van der Waals surface area contributed by atoms with Gasteiger partial charge in [0.2, 0.25) is 0 Å². The Bertz CT molecular complexity index is 1160. The largest absolute Gasteiger partial charge is 0.508 e. The fourth-order valence-corrected chi connectivity index (χ4v) is 4.71. The molecule has 0 radical (unpaired) electrons. The third-order valence-electron chi connectivity index (χ3n) is 6.62. The van der Waals surface area contributed by atoms with Gasteiger partial charge in [0.15, 0.2) is 5.78 Å². The monoisotopic (exact) mass is 404 g/mol. The number of pyridine rings is 1. The van der Waals surface area contributed by atoms with Gasteiger partial charge in [-0.05, 0) is 67.7 Å². The molecule has 0 spiro atoms. The maximum Gasteiger partial charge on any atom is 0.165 e. The average Bonchev–Trinajstić information content (AvgIpc) is 3.09. The SMILES string of the molecule is C=C1C(CC)=C(C(C)(OC)C(C)=O)C=C2c3nc4ccc(O)cc4c(CC)c3CN12. The molecule has 2 aliphatic heterocycles. The summed E-state index contributed by atoms with van der Waals surface area (Å²) in [4.78, 5) is 19.7. The van der Waals surface area contributed by atoms with Crippen molar-refractivity contribution in [2.75, 3.05) is 7.11 Å². The maximum absolute atomic E-state index is 12.5. The average molecular weight is 405 g/mol.